The summed E-state index contributed by atoms with van der Waals surface area (Å²) in [7, 11) is 0. The molecule has 2 aromatic heterocycles. The Morgan fingerprint density at radius 3 is 2.93 bits per heavy atom. The minimum Gasteiger partial charge on any atom is -0.494 e. The summed E-state index contributed by atoms with van der Waals surface area (Å²) in [5.41, 5.74) is 7.74. The number of nitrogen functional groups attached to an aromatic ring is 1. The lowest BCUT2D eigenvalue weighted by atomic mass is 9.86. The van der Waals surface area contributed by atoms with Crippen molar-refractivity contribution < 1.29 is 9.53 Å². The van der Waals surface area contributed by atoms with E-state index in [-0.39, 0.29) is 11.9 Å². The van der Waals surface area contributed by atoms with Gasteiger partial charge in [-0.2, -0.15) is 0 Å². The van der Waals surface area contributed by atoms with E-state index in [1.54, 1.807) is 0 Å². The third-order valence-corrected chi connectivity index (χ3v) is 6.54. The van der Waals surface area contributed by atoms with Gasteiger partial charge in [0.2, 0.25) is 0 Å². The van der Waals surface area contributed by atoms with Crippen LogP contribution in [0.2, 0.25) is 0 Å². The smallest absolute Gasteiger partial charge is 0.263 e. The van der Waals surface area contributed by atoms with Crippen LogP contribution in [0.5, 0.6) is 5.75 Å². The first kappa shape index (κ1) is 18.0. The number of anilines is 1. The Morgan fingerprint density at radius 2 is 2.15 bits per heavy atom. The molecule has 1 aliphatic carbocycles. The molecular weight excluding hydrogens is 358 g/mol. The molecule has 0 aliphatic heterocycles. The standard InChI is InChI=1S/C21H25N3O2S/c1-3-26-14-8-9-17-13(10-14)11-15-18(22)19(27-21(15)24-17)20(25)23-16-7-5-4-6-12(16)2/h8-12,16H,3-7,22H2,1-2H3,(H,23,25)/t12-,16+/m0/s1. The van der Waals surface area contributed by atoms with Crippen LogP contribution in [0.1, 0.15) is 49.2 Å². The summed E-state index contributed by atoms with van der Waals surface area (Å²) in [5.74, 6) is 1.24. The summed E-state index contributed by atoms with van der Waals surface area (Å²) in [4.78, 5) is 18.9. The van der Waals surface area contributed by atoms with Crippen molar-refractivity contribution in [2.75, 3.05) is 12.3 Å². The van der Waals surface area contributed by atoms with Crippen molar-refractivity contribution >= 4 is 44.1 Å². The maximum atomic E-state index is 12.9. The van der Waals surface area contributed by atoms with Gasteiger partial charge in [0.15, 0.2) is 0 Å². The number of nitrogens with two attached hydrogens (primary N) is 1. The van der Waals surface area contributed by atoms with E-state index in [4.69, 9.17) is 15.5 Å². The highest BCUT2D eigenvalue weighted by atomic mass is 32.1. The van der Waals surface area contributed by atoms with Gasteiger partial charge in [-0.05, 0) is 49.9 Å². The Hall–Kier alpha value is -2.34. The first-order chi connectivity index (χ1) is 13.1. The lowest BCUT2D eigenvalue weighted by Gasteiger charge is -2.29. The molecule has 6 heteroatoms. The second-order valence-electron chi connectivity index (χ2n) is 7.32. The Bertz CT molecular complexity index is 998. The van der Waals surface area contributed by atoms with Crippen molar-refractivity contribution in [1.82, 2.24) is 10.3 Å². The molecule has 142 valence electrons. The molecular formula is C21H25N3O2S. The summed E-state index contributed by atoms with van der Waals surface area (Å²) in [6, 6.07) is 8.06. The molecule has 0 radical (unpaired) electrons. The van der Waals surface area contributed by atoms with Gasteiger partial charge in [0.05, 0.1) is 17.8 Å². The van der Waals surface area contributed by atoms with Crippen molar-refractivity contribution in [2.45, 2.75) is 45.6 Å². The number of rotatable bonds is 4. The fourth-order valence-corrected chi connectivity index (χ4v) is 4.86. The van der Waals surface area contributed by atoms with E-state index in [1.165, 1.54) is 30.6 Å². The third-order valence-electron chi connectivity index (χ3n) is 5.43. The molecule has 27 heavy (non-hydrogen) atoms. The van der Waals surface area contributed by atoms with Crippen molar-refractivity contribution in [2.24, 2.45) is 5.92 Å². The normalized spacial score (nSPS) is 20.1. The molecule has 2 heterocycles. The van der Waals surface area contributed by atoms with Crippen LogP contribution in [-0.2, 0) is 0 Å². The number of pyridine rings is 1. The maximum absolute atomic E-state index is 12.9. The number of thiophene rings is 1. The number of ether oxygens (including phenoxy) is 1. The van der Waals surface area contributed by atoms with Gasteiger partial charge in [0.1, 0.15) is 15.5 Å². The summed E-state index contributed by atoms with van der Waals surface area (Å²) < 4.78 is 5.57. The molecule has 4 rings (SSSR count). The lowest BCUT2D eigenvalue weighted by Crippen LogP contribution is -2.40. The average molecular weight is 384 g/mol. The number of benzene rings is 1. The molecule has 0 saturated heterocycles. The maximum Gasteiger partial charge on any atom is 0.263 e. The van der Waals surface area contributed by atoms with Crippen molar-refractivity contribution in [3.63, 3.8) is 0 Å². The van der Waals surface area contributed by atoms with Crippen LogP contribution in [0.15, 0.2) is 24.3 Å². The quantitative estimate of drug-likeness (QED) is 0.682. The van der Waals surface area contributed by atoms with E-state index >= 15 is 0 Å². The van der Waals surface area contributed by atoms with Crippen molar-refractivity contribution in [3.05, 3.63) is 29.1 Å². The van der Waals surface area contributed by atoms with Crippen molar-refractivity contribution in [3.8, 4) is 5.75 Å². The minimum atomic E-state index is -0.0756. The van der Waals surface area contributed by atoms with Gasteiger partial charge in [-0.15, -0.1) is 11.3 Å². The number of nitrogens with one attached hydrogen (secondary N) is 1. The third kappa shape index (κ3) is 3.46. The van der Waals surface area contributed by atoms with Gasteiger partial charge < -0.3 is 15.8 Å². The number of fused-ring (bicyclic) bond motifs is 2. The van der Waals surface area contributed by atoms with E-state index in [0.29, 0.717) is 23.1 Å². The number of hydrogen-bond donors (Lipinski definition) is 2. The highest BCUT2D eigenvalue weighted by molar-refractivity contribution is 7.21. The van der Waals surface area contributed by atoms with Crippen LogP contribution in [-0.4, -0.2) is 23.5 Å². The van der Waals surface area contributed by atoms with Gasteiger partial charge in [-0.1, -0.05) is 19.8 Å². The van der Waals surface area contributed by atoms with Gasteiger partial charge in [-0.3, -0.25) is 4.79 Å². The van der Waals surface area contributed by atoms with Crippen LogP contribution in [0.4, 0.5) is 5.69 Å². The average Bonchev–Trinajstić information content (AvgIpc) is 2.98. The van der Waals surface area contributed by atoms with E-state index < -0.39 is 0 Å². The van der Waals surface area contributed by atoms with Gasteiger partial charge >= 0.3 is 0 Å². The van der Waals surface area contributed by atoms with Crippen LogP contribution in [0.25, 0.3) is 21.1 Å². The van der Waals surface area contributed by atoms with Crippen LogP contribution in [0.3, 0.4) is 0 Å². The van der Waals surface area contributed by atoms with Gasteiger partial charge in [0.25, 0.3) is 5.91 Å². The predicted octanol–water partition coefficient (Wildman–Crippen LogP) is 4.74. The van der Waals surface area contributed by atoms with E-state index in [9.17, 15) is 4.79 Å². The molecule has 1 saturated carbocycles. The summed E-state index contributed by atoms with van der Waals surface area (Å²) >= 11 is 1.37. The molecule has 0 spiro atoms. The zero-order valence-corrected chi connectivity index (χ0v) is 16.6. The van der Waals surface area contributed by atoms with E-state index in [2.05, 4.69) is 12.2 Å². The molecule has 2 atom stereocenters. The first-order valence-corrected chi connectivity index (χ1v) is 10.4. The zero-order valence-electron chi connectivity index (χ0n) is 15.7. The molecule has 5 nitrogen and oxygen atoms in total. The zero-order chi connectivity index (χ0) is 19.0. The molecule has 0 bridgehead atoms. The molecule has 3 N–H and O–H groups in total. The first-order valence-electron chi connectivity index (χ1n) is 9.63. The summed E-state index contributed by atoms with van der Waals surface area (Å²) in [6.07, 6.45) is 4.63. The van der Waals surface area contributed by atoms with E-state index in [0.717, 1.165) is 33.3 Å². The predicted molar refractivity (Wildman–Crippen MR) is 112 cm³/mol. The molecule has 1 aliphatic rings. The van der Waals surface area contributed by atoms with Crippen molar-refractivity contribution in [1.29, 1.82) is 0 Å². The summed E-state index contributed by atoms with van der Waals surface area (Å²) in [5, 5.41) is 5.00. The van der Waals surface area contributed by atoms with Gasteiger partial charge in [-0.25, -0.2) is 4.98 Å². The van der Waals surface area contributed by atoms with Crippen LogP contribution >= 0.6 is 11.3 Å². The SMILES string of the molecule is CCOc1ccc2nc3sc(C(=O)N[C@@H]4CCCC[C@@H]4C)c(N)c3cc2c1. The second kappa shape index (κ2) is 7.35. The number of nitrogens with zero attached hydrogens (tertiary/aromatic N) is 1. The Labute approximate surface area is 162 Å². The Morgan fingerprint density at radius 1 is 1.33 bits per heavy atom. The fourth-order valence-electron chi connectivity index (χ4n) is 3.87. The second-order valence-corrected chi connectivity index (χ2v) is 8.31. The molecule has 1 amide bonds. The number of carbonyl (C=O) groups is 1. The number of hydrogen-bond acceptors (Lipinski definition) is 5. The molecule has 1 fully saturated rings. The highest BCUT2D eigenvalue weighted by Gasteiger charge is 2.25. The van der Waals surface area contributed by atoms with Crippen LogP contribution in [0, 0.1) is 5.92 Å². The largest absolute Gasteiger partial charge is 0.494 e. The monoisotopic (exact) mass is 383 g/mol. The fraction of sp³-hybridized carbons (Fsp3) is 0.429. The molecule has 3 aromatic rings. The Kier molecular flexibility index (Phi) is 4.91. The summed E-state index contributed by atoms with van der Waals surface area (Å²) in [6.45, 7) is 4.79. The molecule has 0 unspecified atom stereocenters. The van der Waals surface area contributed by atoms with Gasteiger partial charge in [0, 0.05) is 16.8 Å². The number of amides is 1. The highest BCUT2D eigenvalue weighted by Crippen LogP contribution is 2.35. The van der Waals surface area contributed by atoms with Crippen LogP contribution < -0.4 is 15.8 Å². The van der Waals surface area contributed by atoms with E-state index in [1.807, 2.05) is 31.2 Å². The Balaban J connectivity index is 1.68. The topological polar surface area (TPSA) is 77.2 Å². The number of aromatic nitrogens is 1. The number of carbonyl (C=O) groups excluding carboxylic acids is 1. The molecule has 1 aromatic carbocycles. The lowest BCUT2D eigenvalue weighted by molar-refractivity contribution is 0.0915. The minimum absolute atomic E-state index is 0.0756.